The van der Waals surface area contributed by atoms with Gasteiger partial charge >= 0.3 is 0 Å². The van der Waals surface area contributed by atoms with Crippen LogP contribution in [0.5, 0.6) is 0 Å². The minimum absolute atomic E-state index is 0.178. The Morgan fingerprint density at radius 1 is 1.28 bits per heavy atom. The number of amides is 3. The summed E-state index contributed by atoms with van der Waals surface area (Å²) < 4.78 is 5.35. The van der Waals surface area contributed by atoms with Crippen LogP contribution in [0.3, 0.4) is 0 Å². The van der Waals surface area contributed by atoms with Gasteiger partial charge in [-0.3, -0.25) is 19.7 Å². The predicted octanol–water partition coefficient (Wildman–Crippen LogP) is 1.66. The number of rotatable bonds is 3. The number of piperidine rings is 1. The lowest BCUT2D eigenvalue weighted by molar-refractivity contribution is -0.136. The molecular formula is C18H17N3O4. The summed E-state index contributed by atoms with van der Waals surface area (Å²) in [6, 6.07) is 6.77. The molecule has 1 N–H and O–H groups in total. The smallest absolute Gasteiger partial charge is 0.255 e. The molecule has 3 amide bonds. The lowest BCUT2D eigenvalue weighted by atomic mass is 10.0. The number of carbonyl (C=O) groups is 3. The molecule has 1 saturated heterocycles. The number of nitrogens with one attached hydrogen (secondary N) is 1. The first-order valence-electron chi connectivity index (χ1n) is 8.30. The van der Waals surface area contributed by atoms with Gasteiger partial charge in [0.25, 0.3) is 5.91 Å². The van der Waals surface area contributed by atoms with E-state index in [9.17, 15) is 14.4 Å². The van der Waals surface area contributed by atoms with Crippen molar-refractivity contribution in [3.8, 4) is 11.3 Å². The van der Waals surface area contributed by atoms with Gasteiger partial charge in [-0.15, -0.1) is 0 Å². The highest BCUT2D eigenvalue weighted by atomic mass is 16.5. The highest BCUT2D eigenvalue weighted by Crippen LogP contribution is 2.31. The van der Waals surface area contributed by atoms with Crippen molar-refractivity contribution in [3.05, 3.63) is 41.1 Å². The zero-order chi connectivity index (χ0) is 17.6. The first kappa shape index (κ1) is 15.6. The summed E-state index contributed by atoms with van der Waals surface area (Å²) in [5.74, 6) is -0.209. The Labute approximate surface area is 144 Å². The van der Waals surface area contributed by atoms with Gasteiger partial charge in [-0.1, -0.05) is 18.1 Å². The summed E-state index contributed by atoms with van der Waals surface area (Å²) in [4.78, 5) is 37.6. The molecule has 0 spiro atoms. The Balaban J connectivity index is 1.61. The van der Waals surface area contributed by atoms with Crippen molar-refractivity contribution in [2.45, 2.75) is 38.8 Å². The number of aryl methyl sites for hydroxylation is 1. The van der Waals surface area contributed by atoms with Crippen molar-refractivity contribution in [2.24, 2.45) is 0 Å². The molecule has 1 fully saturated rings. The molecule has 7 nitrogen and oxygen atoms in total. The van der Waals surface area contributed by atoms with Crippen molar-refractivity contribution in [1.29, 1.82) is 0 Å². The molecule has 0 bridgehead atoms. The van der Waals surface area contributed by atoms with Crippen molar-refractivity contribution in [1.82, 2.24) is 15.4 Å². The first-order valence-corrected chi connectivity index (χ1v) is 8.30. The molecule has 1 aromatic heterocycles. The maximum atomic E-state index is 12.6. The Bertz CT molecular complexity index is 886. The van der Waals surface area contributed by atoms with Gasteiger partial charge in [0.05, 0.1) is 5.69 Å². The normalized spacial score (nSPS) is 20.0. The Kier molecular flexibility index (Phi) is 3.63. The summed E-state index contributed by atoms with van der Waals surface area (Å²) in [5.41, 5.74) is 3.16. The standard InChI is InChI=1S/C18H17N3O4/c1-2-12-8-15(25-20-12)10-3-4-13-11(7-10)9-21(18(13)24)14-5-6-16(22)19-17(14)23/h3-4,7-8,14H,2,5-6,9H2,1H3,(H,19,22,23). The minimum Gasteiger partial charge on any atom is -0.356 e. The van der Waals surface area contributed by atoms with E-state index in [1.807, 2.05) is 25.1 Å². The van der Waals surface area contributed by atoms with Crippen LogP contribution in [0.15, 0.2) is 28.8 Å². The van der Waals surface area contributed by atoms with E-state index in [0.717, 1.165) is 23.2 Å². The van der Waals surface area contributed by atoms with E-state index in [0.29, 0.717) is 24.3 Å². The van der Waals surface area contributed by atoms with Crippen LogP contribution in [0.2, 0.25) is 0 Å². The lowest BCUT2D eigenvalue weighted by Crippen LogP contribution is -2.52. The fourth-order valence-corrected chi connectivity index (χ4v) is 3.34. The summed E-state index contributed by atoms with van der Waals surface area (Å²) in [7, 11) is 0. The molecule has 25 heavy (non-hydrogen) atoms. The molecular weight excluding hydrogens is 322 g/mol. The summed E-state index contributed by atoms with van der Waals surface area (Å²) in [6.07, 6.45) is 1.40. The van der Waals surface area contributed by atoms with Crippen LogP contribution in [-0.4, -0.2) is 33.8 Å². The van der Waals surface area contributed by atoms with Gasteiger partial charge in [0, 0.05) is 30.2 Å². The topological polar surface area (TPSA) is 92.5 Å². The number of hydrogen-bond donors (Lipinski definition) is 1. The van der Waals surface area contributed by atoms with E-state index in [1.54, 1.807) is 6.07 Å². The lowest BCUT2D eigenvalue weighted by Gasteiger charge is -2.29. The summed E-state index contributed by atoms with van der Waals surface area (Å²) in [6.45, 7) is 2.35. The maximum Gasteiger partial charge on any atom is 0.255 e. The fourth-order valence-electron chi connectivity index (χ4n) is 3.34. The quantitative estimate of drug-likeness (QED) is 0.859. The number of hydrogen-bond acceptors (Lipinski definition) is 5. The summed E-state index contributed by atoms with van der Waals surface area (Å²) >= 11 is 0. The van der Waals surface area contributed by atoms with E-state index in [4.69, 9.17) is 4.52 Å². The van der Waals surface area contributed by atoms with Gasteiger partial charge < -0.3 is 9.42 Å². The first-order chi connectivity index (χ1) is 12.1. The van der Waals surface area contributed by atoms with Crippen LogP contribution >= 0.6 is 0 Å². The van der Waals surface area contributed by atoms with Crippen LogP contribution in [0.4, 0.5) is 0 Å². The van der Waals surface area contributed by atoms with Crippen LogP contribution in [0, 0.1) is 0 Å². The molecule has 3 heterocycles. The van der Waals surface area contributed by atoms with Crippen LogP contribution < -0.4 is 5.32 Å². The Hall–Kier alpha value is -2.96. The van der Waals surface area contributed by atoms with Gasteiger partial charge in [-0.2, -0.15) is 0 Å². The number of carbonyl (C=O) groups excluding carboxylic acids is 3. The molecule has 0 radical (unpaired) electrons. The molecule has 128 valence electrons. The number of aromatic nitrogens is 1. The number of nitrogens with zero attached hydrogens (tertiary/aromatic N) is 2. The average Bonchev–Trinajstić information content (AvgIpc) is 3.20. The third-order valence-electron chi connectivity index (χ3n) is 4.73. The zero-order valence-corrected chi connectivity index (χ0v) is 13.7. The maximum absolute atomic E-state index is 12.6. The Morgan fingerprint density at radius 3 is 2.84 bits per heavy atom. The van der Waals surface area contributed by atoms with Gasteiger partial charge in [0.1, 0.15) is 6.04 Å². The molecule has 1 unspecified atom stereocenters. The predicted molar refractivity (Wildman–Crippen MR) is 87.4 cm³/mol. The second-order valence-corrected chi connectivity index (χ2v) is 6.31. The van der Waals surface area contributed by atoms with Crippen LogP contribution in [0.25, 0.3) is 11.3 Å². The third kappa shape index (κ3) is 2.61. The van der Waals surface area contributed by atoms with E-state index in [2.05, 4.69) is 10.5 Å². The molecule has 2 aromatic rings. The van der Waals surface area contributed by atoms with Crippen molar-refractivity contribution >= 4 is 17.7 Å². The molecule has 1 aromatic carbocycles. The zero-order valence-electron chi connectivity index (χ0n) is 13.7. The number of fused-ring (bicyclic) bond motifs is 1. The minimum atomic E-state index is -0.599. The number of imide groups is 1. The van der Waals surface area contributed by atoms with Gasteiger partial charge in [-0.25, -0.2) is 0 Å². The second kappa shape index (κ2) is 5.84. The van der Waals surface area contributed by atoms with Gasteiger partial charge in [0.15, 0.2) is 5.76 Å². The van der Waals surface area contributed by atoms with Crippen molar-refractivity contribution in [2.75, 3.05) is 0 Å². The van der Waals surface area contributed by atoms with E-state index in [1.165, 1.54) is 4.90 Å². The molecule has 2 aliphatic rings. The van der Waals surface area contributed by atoms with E-state index < -0.39 is 11.9 Å². The second-order valence-electron chi connectivity index (χ2n) is 6.31. The summed E-state index contributed by atoms with van der Waals surface area (Å²) in [5, 5.41) is 6.29. The van der Waals surface area contributed by atoms with E-state index >= 15 is 0 Å². The SMILES string of the molecule is CCc1cc(-c2ccc3c(c2)CN(C2CCC(=O)NC2=O)C3=O)on1. The number of benzene rings is 1. The highest BCUT2D eigenvalue weighted by molar-refractivity contribution is 6.05. The molecule has 0 saturated carbocycles. The average molecular weight is 339 g/mol. The molecule has 0 aliphatic carbocycles. The van der Waals surface area contributed by atoms with Crippen molar-refractivity contribution < 1.29 is 18.9 Å². The molecule has 1 atom stereocenters. The highest BCUT2D eigenvalue weighted by Gasteiger charge is 2.39. The van der Waals surface area contributed by atoms with Crippen molar-refractivity contribution in [3.63, 3.8) is 0 Å². The van der Waals surface area contributed by atoms with Gasteiger partial charge in [-0.05, 0) is 30.5 Å². The van der Waals surface area contributed by atoms with E-state index in [-0.39, 0.29) is 18.2 Å². The Morgan fingerprint density at radius 2 is 2.12 bits per heavy atom. The molecule has 7 heteroatoms. The largest absolute Gasteiger partial charge is 0.356 e. The van der Waals surface area contributed by atoms with Crippen LogP contribution in [-0.2, 0) is 22.6 Å². The molecule has 2 aliphatic heterocycles. The van der Waals surface area contributed by atoms with Gasteiger partial charge in [0.2, 0.25) is 11.8 Å². The monoisotopic (exact) mass is 339 g/mol. The van der Waals surface area contributed by atoms with Crippen LogP contribution in [0.1, 0.15) is 41.4 Å². The third-order valence-corrected chi connectivity index (χ3v) is 4.73. The molecule has 4 rings (SSSR count). The fraction of sp³-hybridized carbons (Fsp3) is 0.333.